The fourth-order valence-electron chi connectivity index (χ4n) is 3.16. The lowest BCUT2D eigenvalue weighted by atomic mass is 10.1. The standard InChI is InChI=1S/C22H14Cl2N2O6S/c1-31-19-9-13(26(29)30)3-5-15(19)18-7-4-14(32-18)10-20-21(27)25(22(28)33-20)11-12-2-6-16(23)17(24)8-12/h2-10H,11H2,1H3/b20-10+. The minimum absolute atomic E-state index is 0.0578. The van der Waals surface area contributed by atoms with E-state index < -0.39 is 16.1 Å². The van der Waals surface area contributed by atoms with Crippen LogP contribution >= 0.6 is 35.0 Å². The van der Waals surface area contributed by atoms with Crippen LogP contribution in [-0.4, -0.2) is 28.1 Å². The van der Waals surface area contributed by atoms with Crippen LogP contribution < -0.4 is 4.74 Å². The summed E-state index contributed by atoms with van der Waals surface area (Å²) >= 11 is 12.7. The van der Waals surface area contributed by atoms with Crippen molar-refractivity contribution in [3.05, 3.63) is 84.9 Å². The second kappa shape index (κ2) is 9.30. The first kappa shape index (κ1) is 22.9. The Morgan fingerprint density at radius 3 is 2.61 bits per heavy atom. The molecule has 0 unspecified atom stereocenters. The highest BCUT2D eigenvalue weighted by atomic mass is 35.5. The highest BCUT2D eigenvalue weighted by Gasteiger charge is 2.35. The van der Waals surface area contributed by atoms with Gasteiger partial charge in [-0.2, -0.15) is 0 Å². The number of hydrogen-bond acceptors (Lipinski definition) is 7. The molecule has 4 rings (SSSR count). The van der Waals surface area contributed by atoms with Crippen molar-refractivity contribution in [1.29, 1.82) is 0 Å². The monoisotopic (exact) mass is 504 g/mol. The first-order valence-corrected chi connectivity index (χ1v) is 11.0. The van der Waals surface area contributed by atoms with Crippen LogP contribution in [0.4, 0.5) is 10.5 Å². The molecule has 11 heteroatoms. The summed E-state index contributed by atoms with van der Waals surface area (Å²) in [5, 5.41) is 11.3. The normalized spacial score (nSPS) is 14.9. The molecule has 0 aliphatic carbocycles. The fourth-order valence-corrected chi connectivity index (χ4v) is 4.30. The minimum atomic E-state index is -0.520. The van der Waals surface area contributed by atoms with Gasteiger partial charge in [-0.05, 0) is 47.7 Å². The van der Waals surface area contributed by atoms with Crippen molar-refractivity contribution in [2.24, 2.45) is 0 Å². The topological polar surface area (TPSA) is 103 Å². The molecule has 0 saturated carbocycles. The zero-order valence-corrected chi connectivity index (χ0v) is 19.2. The predicted molar refractivity (Wildman–Crippen MR) is 125 cm³/mol. The van der Waals surface area contributed by atoms with Gasteiger partial charge in [0.25, 0.3) is 16.8 Å². The van der Waals surface area contributed by atoms with Crippen molar-refractivity contribution in [2.45, 2.75) is 6.54 Å². The Morgan fingerprint density at radius 1 is 1.12 bits per heavy atom. The van der Waals surface area contributed by atoms with E-state index in [1.54, 1.807) is 30.3 Å². The van der Waals surface area contributed by atoms with Gasteiger partial charge in [-0.3, -0.25) is 24.6 Å². The van der Waals surface area contributed by atoms with Gasteiger partial charge in [-0.15, -0.1) is 0 Å². The largest absolute Gasteiger partial charge is 0.496 e. The number of non-ortho nitro benzene ring substituents is 1. The van der Waals surface area contributed by atoms with Crippen LogP contribution in [0, 0.1) is 10.1 Å². The van der Waals surface area contributed by atoms with Gasteiger partial charge in [-0.1, -0.05) is 29.3 Å². The van der Waals surface area contributed by atoms with Crippen molar-refractivity contribution in [3.63, 3.8) is 0 Å². The summed E-state index contributed by atoms with van der Waals surface area (Å²) in [6.07, 6.45) is 1.47. The number of rotatable bonds is 6. The summed E-state index contributed by atoms with van der Waals surface area (Å²) < 4.78 is 11.0. The number of nitrogens with zero attached hydrogens (tertiary/aromatic N) is 2. The summed E-state index contributed by atoms with van der Waals surface area (Å²) in [5.41, 5.74) is 1.06. The number of ether oxygens (including phenoxy) is 1. The Bertz CT molecular complexity index is 1320. The average Bonchev–Trinajstić information content (AvgIpc) is 3.36. The molecular formula is C22H14Cl2N2O6S. The first-order valence-electron chi connectivity index (χ1n) is 9.38. The van der Waals surface area contributed by atoms with E-state index in [4.69, 9.17) is 32.4 Å². The van der Waals surface area contributed by atoms with Gasteiger partial charge in [0.05, 0.1) is 45.2 Å². The maximum atomic E-state index is 12.8. The molecule has 3 aromatic rings. The van der Waals surface area contributed by atoms with Gasteiger partial charge in [0.2, 0.25) is 0 Å². The number of carbonyl (C=O) groups excluding carboxylic acids is 2. The Hall–Kier alpha value is -3.27. The zero-order chi connectivity index (χ0) is 23.7. The number of imide groups is 1. The molecule has 2 heterocycles. The van der Waals surface area contributed by atoms with Crippen molar-refractivity contribution in [2.75, 3.05) is 7.11 Å². The molecule has 1 fully saturated rings. The first-order chi connectivity index (χ1) is 15.8. The third-order valence-electron chi connectivity index (χ3n) is 4.76. The van der Waals surface area contributed by atoms with Crippen LogP contribution in [0.2, 0.25) is 10.0 Å². The van der Waals surface area contributed by atoms with E-state index >= 15 is 0 Å². The summed E-state index contributed by atoms with van der Waals surface area (Å²) in [6.45, 7) is 0.0578. The Balaban J connectivity index is 1.56. The van der Waals surface area contributed by atoms with E-state index in [-0.39, 0.29) is 22.9 Å². The highest BCUT2D eigenvalue weighted by molar-refractivity contribution is 8.18. The third-order valence-corrected chi connectivity index (χ3v) is 6.41. The number of benzene rings is 2. The van der Waals surface area contributed by atoms with E-state index in [0.717, 1.165) is 16.7 Å². The van der Waals surface area contributed by atoms with E-state index in [0.29, 0.717) is 32.7 Å². The SMILES string of the molecule is COc1cc([N+](=O)[O-])ccc1-c1ccc(/C=C2/SC(=O)N(Cc3ccc(Cl)c(Cl)c3)C2=O)o1. The molecule has 0 spiro atoms. The molecule has 33 heavy (non-hydrogen) atoms. The molecule has 1 aromatic heterocycles. The molecule has 2 aromatic carbocycles. The van der Waals surface area contributed by atoms with Gasteiger partial charge < -0.3 is 9.15 Å². The van der Waals surface area contributed by atoms with Crippen molar-refractivity contribution >= 4 is 57.9 Å². The molecule has 0 radical (unpaired) electrons. The lowest BCUT2D eigenvalue weighted by Gasteiger charge is -2.12. The van der Waals surface area contributed by atoms with Gasteiger partial charge in [0.1, 0.15) is 17.3 Å². The zero-order valence-electron chi connectivity index (χ0n) is 16.9. The maximum absolute atomic E-state index is 12.8. The van der Waals surface area contributed by atoms with Crippen LogP contribution in [0.15, 0.2) is 57.9 Å². The fraction of sp³-hybridized carbons (Fsp3) is 0.0909. The van der Waals surface area contributed by atoms with E-state index in [2.05, 4.69) is 0 Å². The van der Waals surface area contributed by atoms with E-state index in [9.17, 15) is 19.7 Å². The summed E-state index contributed by atoms with van der Waals surface area (Å²) in [7, 11) is 1.40. The lowest BCUT2D eigenvalue weighted by Crippen LogP contribution is -2.27. The van der Waals surface area contributed by atoms with Crippen LogP contribution in [0.25, 0.3) is 17.4 Å². The number of carbonyl (C=O) groups is 2. The molecule has 1 saturated heterocycles. The van der Waals surface area contributed by atoms with Crippen LogP contribution in [0.3, 0.4) is 0 Å². The summed E-state index contributed by atoms with van der Waals surface area (Å²) in [5.74, 6) is 0.544. The van der Waals surface area contributed by atoms with Gasteiger partial charge in [0, 0.05) is 12.1 Å². The summed E-state index contributed by atoms with van der Waals surface area (Å²) in [6, 6.07) is 12.3. The minimum Gasteiger partial charge on any atom is -0.496 e. The Labute approximate surface area is 201 Å². The number of halogens is 2. The number of nitro benzene ring substituents is 1. The predicted octanol–water partition coefficient (Wildman–Crippen LogP) is 6.41. The Morgan fingerprint density at radius 2 is 1.91 bits per heavy atom. The number of furan rings is 1. The van der Waals surface area contributed by atoms with Crippen LogP contribution in [0.5, 0.6) is 5.75 Å². The van der Waals surface area contributed by atoms with Crippen molar-refractivity contribution in [3.8, 4) is 17.1 Å². The average molecular weight is 505 g/mol. The Kier molecular flexibility index (Phi) is 6.46. The molecule has 8 nitrogen and oxygen atoms in total. The lowest BCUT2D eigenvalue weighted by molar-refractivity contribution is -0.384. The van der Waals surface area contributed by atoms with Crippen molar-refractivity contribution in [1.82, 2.24) is 4.90 Å². The van der Waals surface area contributed by atoms with E-state index in [1.807, 2.05) is 0 Å². The molecular weight excluding hydrogens is 491 g/mol. The van der Waals surface area contributed by atoms with Crippen LogP contribution in [-0.2, 0) is 11.3 Å². The van der Waals surface area contributed by atoms with Crippen molar-refractivity contribution < 1.29 is 23.7 Å². The maximum Gasteiger partial charge on any atom is 0.293 e. The third kappa shape index (κ3) is 4.75. The molecule has 0 atom stereocenters. The van der Waals surface area contributed by atoms with Gasteiger partial charge in [-0.25, -0.2) is 0 Å². The quantitative estimate of drug-likeness (QED) is 0.217. The molecule has 2 amide bonds. The molecule has 0 N–H and O–H groups in total. The van der Waals surface area contributed by atoms with Crippen LogP contribution in [0.1, 0.15) is 11.3 Å². The number of hydrogen-bond donors (Lipinski definition) is 0. The molecule has 1 aliphatic heterocycles. The number of amides is 2. The second-order valence-corrected chi connectivity index (χ2v) is 8.67. The van der Waals surface area contributed by atoms with Gasteiger partial charge in [0.15, 0.2) is 0 Å². The highest BCUT2D eigenvalue weighted by Crippen LogP contribution is 2.37. The summed E-state index contributed by atoms with van der Waals surface area (Å²) in [4.78, 5) is 37.0. The molecule has 168 valence electrons. The van der Waals surface area contributed by atoms with Gasteiger partial charge >= 0.3 is 0 Å². The smallest absolute Gasteiger partial charge is 0.293 e. The van der Waals surface area contributed by atoms with E-state index in [1.165, 1.54) is 31.4 Å². The number of thioether (sulfide) groups is 1. The molecule has 1 aliphatic rings. The number of nitro groups is 1. The number of methoxy groups -OCH3 is 1. The molecule has 0 bridgehead atoms. The second-order valence-electron chi connectivity index (χ2n) is 6.86.